The van der Waals surface area contributed by atoms with E-state index < -0.39 is 11.5 Å². The Balaban J connectivity index is 1.53. The van der Waals surface area contributed by atoms with Gasteiger partial charge in [-0.05, 0) is 68.6 Å². The van der Waals surface area contributed by atoms with Gasteiger partial charge in [-0.25, -0.2) is 0 Å². The van der Waals surface area contributed by atoms with E-state index in [4.69, 9.17) is 11.5 Å². The molecule has 230 valence electrons. The topological polar surface area (TPSA) is 87.6 Å². The molecule has 2 heterocycles. The molecule has 8 heteroatoms. The van der Waals surface area contributed by atoms with Crippen molar-refractivity contribution in [2.75, 3.05) is 52.4 Å². The number of carbonyl (C=O) groups is 2. The SMILES string of the molecule is C#C[C@@H]1CN([C@@](C)(c2cccc(O)c2)c2cccc(C(=O)N3CCN(CCCCCC(=O)O)CC3)c2)[C@@H](C)CN1CC=C. The van der Waals surface area contributed by atoms with Crippen molar-refractivity contribution in [1.29, 1.82) is 0 Å². The van der Waals surface area contributed by atoms with Crippen molar-refractivity contribution in [2.45, 2.75) is 57.2 Å². The Kier molecular flexibility index (Phi) is 11.0. The lowest BCUT2D eigenvalue weighted by Gasteiger charge is -2.52. The Bertz CT molecular complexity index is 1310. The number of aromatic hydroxyl groups is 1. The van der Waals surface area contributed by atoms with Crippen LogP contribution in [0.15, 0.2) is 61.2 Å². The minimum Gasteiger partial charge on any atom is -0.508 e. The number of carbonyl (C=O) groups excluding carboxylic acids is 1. The molecule has 2 aromatic rings. The van der Waals surface area contributed by atoms with E-state index in [-0.39, 0.29) is 30.2 Å². The largest absolute Gasteiger partial charge is 0.508 e. The highest BCUT2D eigenvalue weighted by atomic mass is 16.4. The highest BCUT2D eigenvalue weighted by Gasteiger charge is 2.43. The molecule has 2 aliphatic heterocycles. The van der Waals surface area contributed by atoms with Crippen LogP contribution in [0.25, 0.3) is 0 Å². The minimum atomic E-state index is -0.740. The highest BCUT2D eigenvalue weighted by Crippen LogP contribution is 2.40. The molecule has 8 nitrogen and oxygen atoms in total. The first-order valence-electron chi connectivity index (χ1n) is 15.4. The summed E-state index contributed by atoms with van der Waals surface area (Å²) in [6.07, 6.45) is 10.7. The fourth-order valence-electron chi connectivity index (χ4n) is 6.60. The van der Waals surface area contributed by atoms with Crippen LogP contribution in [0.4, 0.5) is 0 Å². The van der Waals surface area contributed by atoms with Crippen molar-refractivity contribution in [3.63, 3.8) is 0 Å². The Morgan fingerprint density at radius 2 is 1.74 bits per heavy atom. The number of hydrogen-bond donors (Lipinski definition) is 2. The summed E-state index contributed by atoms with van der Waals surface area (Å²) < 4.78 is 0. The number of piperazine rings is 2. The number of phenols is 1. The summed E-state index contributed by atoms with van der Waals surface area (Å²) in [4.78, 5) is 33.4. The van der Waals surface area contributed by atoms with Crippen molar-refractivity contribution >= 4 is 11.9 Å². The summed E-state index contributed by atoms with van der Waals surface area (Å²) in [7, 11) is 0. The molecular formula is C35H46N4O4. The van der Waals surface area contributed by atoms with Gasteiger partial charge in [-0.2, -0.15) is 0 Å². The molecule has 0 aromatic heterocycles. The maximum Gasteiger partial charge on any atom is 0.303 e. The molecule has 3 atom stereocenters. The lowest BCUT2D eigenvalue weighted by Crippen LogP contribution is -2.62. The monoisotopic (exact) mass is 586 g/mol. The van der Waals surface area contributed by atoms with Crippen LogP contribution < -0.4 is 0 Å². The van der Waals surface area contributed by atoms with Gasteiger partial charge in [-0.3, -0.25) is 24.3 Å². The molecule has 0 spiro atoms. The molecule has 2 aliphatic rings. The fourth-order valence-corrected chi connectivity index (χ4v) is 6.60. The van der Waals surface area contributed by atoms with E-state index in [0.29, 0.717) is 31.6 Å². The highest BCUT2D eigenvalue weighted by molar-refractivity contribution is 5.94. The van der Waals surface area contributed by atoms with Crippen LogP contribution in [0.1, 0.15) is 61.0 Å². The third kappa shape index (κ3) is 7.66. The maximum absolute atomic E-state index is 13.7. The van der Waals surface area contributed by atoms with Crippen molar-refractivity contribution in [1.82, 2.24) is 19.6 Å². The number of carboxylic acid groups (broad SMARTS) is 1. The summed E-state index contributed by atoms with van der Waals surface area (Å²) in [6, 6.07) is 15.3. The van der Waals surface area contributed by atoms with Crippen molar-refractivity contribution in [2.24, 2.45) is 0 Å². The van der Waals surface area contributed by atoms with Gasteiger partial charge in [0.2, 0.25) is 0 Å². The second kappa shape index (κ2) is 14.7. The first-order chi connectivity index (χ1) is 20.7. The molecule has 43 heavy (non-hydrogen) atoms. The molecule has 0 bridgehead atoms. The first kappa shape index (κ1) is 32.3. The van der Waals surface area contributed by atoms with Crippen molar-refractivity contribution in [3.05, 3.63) is 77.9 Å². The van der Waals surface area contributed by atoms with Crippen LogP contribution in [-0.4, -0.2) is 106 Å². The predicted octanol–water partition coefficient (Wildman–Crippen LogP) is 4.25. The summed E-state index contributed by atoms with van der Waals surface area (Å²) in [6.45, 7) is 14.3. The van der Waals surface area contributed by atoms with E-state index in [2.05, 4.69) is 47.1 Å². The average molecular weight is 587 g/mol. The molecule has 0 saturated carbocycles. The molecule has 2 saturated heterocycles. The smallest absolute Gasteiger partial charge is 0.303 e. The zero-order valence-corrected chi connectivity index (χ0v) is 25.6. The molecule has 0 unspecified atom stereocenters. The van der Waals surface area contributed by atoms with Crippen LogP contribution in [0.5, 0.6) is 5.75 Å². The number of phenolic OH excluding ortho intramolecular Hbond substituents is 1. The van der Waals surface area contributed by atoms with E-state index in [9.17, 15) is 14.7 Å². The second-order valence-electron chi connectivity index (χ2n) is 12.0. The number of rotatable bonds is 12. The van der Waals surface area contributed by atoms with Crippen LogP contribution in [0.3, 0.4) is 0 Å². The third-order valence-corrected chi connectivity index (χ3v) is 9.08. The van der Waals surface area contributed by atoms with E-state index in [1.54, 1.807) is 6.07 Å². The Morgan fingerprint density at radius 1 is 1.05 bits per heavy atom. The number of unbranched alkanes of at least 4 members (excludes halogenated alkanes) is 2. The van der Waals surface area contributed by atoms with E-state index >= 15 is 0 Å². The van der Waals surface area contributed by atoms with Gasteiger partial charge in [0, 0.05) is 63.8 Å². The standard InChI is InChI=1S/C35H46N4O4/c1-5-17-38-25-27(3)39(26-31(38)6-2)35(4,30-14-11-15-32(40)24-30)29-13-10-12-28(23-29)34(43)37-21-19-36(20-22-37)18-9-7-8-16-33(41)42/h2,5,10-15,23-24,27,31,40H,1,7-9,16-22,25-26H2,3-4H3,(H,41,42)/t27-,31+,35+/m0/s1. The number of aliphatic carboxylic acids is 1. The van der Waals surface area contributed by atoms with E-state index in [0.717, 1.165) is 56.7 Å². The lowest BCUT2D eigenvalue weighted by molar-refractivity contribution is -0.137. The first-order valence-corrected chi connectivity index (χ1v) is 15.4. The van der Waals surface area contributed by atoms with Crippen LogP contribution in [-0.2, 0) is 10.3 Å². The predicted molar refractivity (Wildman–Crippen MR) is 170 cm³/mol. The summed E-state index contributed by atoms with van der Waals surface area (Å²) >= 11 is 0. The van der Waals surface area contributed by atoms with Crippen LogP contribution >= 0.6 is 0 Å². The quantitative estimate of drug-likeness (QED) is 0.218. The van der Waals surface area contributed by atoms with E-state index in [1.807, 2.05) is 47.4 Å². The number of amides is 1. The van der Waals surface area contributed by atoms with Gasteiger partial charge in [0.25, 0.3) is 5.91 Å². The van der Waals surface area contributed by atoms with E-state index in [1.165, 1.54) is 0 Å². The Labute approximate surface area is 256 Å². The van der Waals surface area contributed by atoms with Crippen molar-refractivity contribution in [3.8, 4) is 18.1 Å². The normalized spacial score (nSPS) is 21.6. The molecule has 2 N–H and O–H groups in total. The van der Waals surface area contributed by atoms with Gasteiger partial charge in [-0.1, -0.05) is 42.7 Å². The number of nitrogens with zero attached hydrogens (tertiary/aromatic N) is 4. The minimum absolute atomic E-state index is 0.0200. The number of hydrogen-bond acceptors (Lipinski definition) is 6. The van der Waals surface area contributed by atoms with Gasteiger partial charge < -0.3 is 15.1 Å². The average Bonchev–Trinajstić information content (AvgIpc) is 3.00. The van der Waals surface area contributed by atoms with Gasteiger partial charge in [0.1, 0.15) is 5.75 Å². The molecule has 0 aliphatic carbocycles. The zero-order valence-electron chi connectivity index (χ0n) is 25.6. The molecule has 0 radical (unpaired) electrons. The molecule has 1 amide bonds. The van der Waals surface area contributed by atoms with Gasteiger partial charge in [-0.15, -0.1) is 13.0 Å². The summed E-state index contributed by atoms with van der Waals surface area (Å²) in [5.74, 6) is 2.45. The lowest BCUT2D eigenvalue weighted by atomic mass is 9.80. The summed E-state index contributed by atoms with van der Waals surface area (Å²) in [5.41, 5.74) is 1.92. The summed E-state index contributed by atoms with van der Waals surface area (Å²) in [5, 5.41) is 19.3. The maximum atomic E-state index is 13.7. The van der Waals surface area contributed by atoms with Gasteiger partial charge in [0.15, 0.2) is 0 Å². The van der Waals surface area contributed by atoms with Gasteiger partial charge in [0.05, 0.1) is 11.6 Å². The van der Waals surface area contributed by atoms with Crippen LogP contribution in [0.2, 0.25) is 0 Å². The molecule has 4 rings (SSSR count). The Hall–Kier alpha value is -3.64. The zero-order chi connectivity index (χ0) is 31.0. The van der Waals surface area contributed by atoms with Crippen molar-refractivity contribution < 1.29 is 19.8 Å². The van der Waals surface area contributed by atoms with Gasteiger partial charge >= 0.3 is 5.97 Å². The molecular weight excluding hydrogens is 540 g/mol. The van der Waals surface area contributed by atoms with Crippen LogP contribution in [0, 0.1) is 12.3 Å². The number of benzene rings is 2. The molecule has 2 fully saturated rings. The second-order valence-corrected chi connectivity index (χ2v) is 12.0. The fraction of sp³-hybridized carbons (Fsp3) is 0.486. The Morgan fingerprint density at radius 3 is 2.40 bits per heavy atom. The number of carboxylic acids is 1. The molecule has 2 aromatic carbocycles. The third-order valence-electron chi connectivity index (χ3n) is 9.08. The number of terminal acetylenes is 1.